The number of hydrogen-bond acceptors (Lipinski definition) is 7. The standard InChI is InChI=1S/C20H16ClN3O6S/c21-17-18(20(26)14-6-2-1-5-13(14)19(17)25)22-9-11-23(12-10-22)31(29,30)16-8-4-3-7-15(16)24(27)28/h1-8H,9-12H2. The Labute approximate surface area is 182 Å². The molecule has 0 bridgehead atoms. The molecule has 0 atom stereocenters. The number of nitro groups is 1. The number of rotatable bonds is 4. The van der Waals surface area contributed by atoms with Gasteiger partial charge in [0.15, 0.2) is 4.90 Å². The molecule has 0 N–H and O–H groups in total. The van der Waals surface area contributed by atoms with Gasteiger partial charge in [-0.1, -0.05) is 48.0 Å². The van der Waals surface area contributed by atoms with Gasteiger partial charge in [-0.05, 0) is 6.07 Å². The van der Waals surface area contributed by atoms with Crippen LogP contribution in [0.5, 0.6) is 0 Å². The molecule has 0 aromatic heterocycles. The van der Waals surface area contributed by atoms with Crippen LogP contribution in [0.3, 0.4) is 0 Å². The number of nitro benzene ring substituents is 1. The van der Waals surface area contributed by atoms with Crippen molar-refractivity contribution in [3.8, 4) is 0 Å². The predicted molar refractivity (Wildman–Crippen MR) is 111 cm³/mol. The molecule has 1 saturated heterocycles. The third kappa shape index (κ3) is 3.52. The average Bonchev–Trinajstić information content (AvgIpc) is 2.78. The smallest absolute Gasteiger partial charge is 0.289 e. The highest BCUT2D eigenvalue weighted by atomic mass is 35.5. The third-order valence-electron chi connectivity index (χ3n) is 5.27. The van der Waals surface area contributed by atoms with Gasteiger partial charge in [0.25, 0.3) is 5.69 Å². The van der Waals surface area contributed by atoms with Crippen molar-refractivity contribution in [3.63, 3.8) is 0 Å². The number of hydrogen-bond donors (Lipinski definition) is 0. The lowest BCUT2D eigenvalue weighted by molar-refractivity contribution is -0.387. The number of para-hydroxylation sites is 1. The summed E-state index contributed by atoms with van der Waals surface area (Å²) in [6.07, 6.45) is 0. The first kappa shape index (κ1) is 21.2. The maximum Gasteiger partial charge on any atom is 0.289 e. The van der Waals surface area contributed by atoms with Crippen LogP contribution in [0.1, 0.15) is 20.7 Å². The molecule has 0 radical (unpaired) electrons. The summed E-state index contributed by atoms with van der Waals surface area (Å²) in [5.74, 6) is -0.850. The highest BCUT2D eigenvalue weighted by molar-refractivity contribution is 7.89. The summed E-state index contributed by atoms with van der Waals surface area (Å²) < 4.78 is 27.1. The van der Waals surface area contributed by atoms with Crippen LogP contribution < -0.4 is 0 Å². The maximum atomic E-state index is 13.0. The summed E-state index contributed by atoms with van der Waals surface area (Å²) in [4.78, 5) is 37.2. The van der Waals surface area contributed by atoms with Crippen molar-refractivity contribution in [1.29, 1.82) is 0 Å². The second-order valence-corrected chi connectivity index (χ2v) is 9.27. The van der Waals surface area contributed by atoms with Crippen LogP contribution in [0.25, 0.3) is 0 Å². The zero-order valence-corrected chi connectivity index (χ0v) is 17.6. The van der Waals surface area contributed by atoms with E-state index < -0.39 is 32.2 Å². The van der Waals surface area contributed by atoms with Crippen LogP contribution in [0.4, 0.5) is 5.69 Å². The van der Waals surface area contributed by atoms with Crippen molar-refractivity contribution in [2.75, 3.05) is 26.2 Å². The molecule has 2 aromatic carbocycles. The molecule has 160 valence electrons. The first-order valence-electron chi connectivity index (χ1n) is 9.30. The Hall–Kier alpha value is -3.08. The number of Topliss-reactive ketones (excluding diaryl/α,β-unsaturated/α-hetero) is 2. The van der Waals surface area contributed by atoms with Crippen LogP contribution in [0, 0.1) is 10.1 Å². The molecule has 11 heteroatoms. The minimum absolute atomic E-state index is 0.0227. The largest absolute Gasteiger partial charge is 0.364 e. The summed E-state index contributed by atoms with van der Waals surface area (Å²) in [5, 5.41) is 11.0. The summed E-state index contributed by atoms with van der Waals surface area (Å²) in [6.45, 7) is 0.162. The van der Waals surface area contributed by atoms with Gasteiger partial charge in [-0.3, -0.25) is 19.7 Å². The minimum Gasteiger partial charge on any atom is -0.364 e. The number of sulfonamides is 1. The molecular formula is C20H16ClN3O6S. The maximum absolute atomic E-state index is 13.0. The van der Waals surface area contributed by atoms with Gasteiger partial charge >= 0.3 is 0 Å². The van der Waals surface area contributed by atoms with E-state index in [2.05, 4.69) is 0 Å². The first-order chi connectivity index (χ1) is 14.7. The van der Waals surface area contributed by atoms with Crippen molar-refractivity contribution in [2.45, 2.75) is 4.90 Å². The molecule has 0 spiro atoms. The Bertz CT molecular complexity index is 1250. The van der Waals surface area contributed by atoms with Crippen LogP contribution in [0.2, 0.25) is 0 Å². The lowest BCUT2D eigenvalue weighted by Gasteiger charge is -2.37. The van der Waals surface area contributed by atoms with Gasteiger partial charge in [0, 0.05) is 43.4 Å². The van der Waals surface area contributed by atoms with Crippen molar-refractivity contribution >= 4 is 38.9 Å². The molecular weight excluding hydrogens is 446 g/mol. The van der Waals surface area contributed by atoms with Crippen LogP contribution in [-0.2, 0) is 10.0 Å². The van der Waals surface area contributed by atoms with Crippen molar-refractivity contribution < 1.29 is 22.9 Å². The molecule has 0 unspecified atom stereocenters. The fraction of sp³-hybridized carbons (Fsp3) is 0.200. The van der Waals surface area contributed by atoms with E-state index in [1.54, 1.807) is 23.1 Å². The molecule has 1 aliphatic carbocycles. The molecule has 2 aromatic rings. The molecule has 0 amide bonds. The fourth-order valence-corrected chi connectivity index (χ4v) is 5.62. The van der Waals surface area contributed by atoms with E-state index in [0.29, 0.717) is 0 Å². The number of halogens is 1. The number of nitrogens with zero attached hydrogens (tertiary/aromatic N) is 3. The highest BCUT2D eigenvalue weighted by Crippen LogP contribution is 2.32. The van der Waals surface area contributed by atoms with E-state index in [1.165, 1.54) is 24.3 Å². The van der Waals surface area contributed by atoms with Gasteiger partial charge in [-0.25, -0.2) is 8.42 Å². The zero-order chi connectivity index (χ0) is 22.3. The average molecular weight is 462 g/mol. The van der Waals surface area contributed by atoms with Crippen LogP contribution >= 0.6 is 11.6 Å². The summed E-state index contributed by atoms with van der Waals surface area (Å²) in [6, 6.07) is 11.5. The van der Waals surface area contributed by atoms with Gasteiger partial charge in [0.1, 0.15) is 10.7 Å². The van der Waals surface area contributed by atoms with Crippen molar-refractivity contribution in [1.82, 2.24) is 9.21 Å². The summed E-state index contributed by atoms with van der Waals surface area (Å²) in [7, 11) is -4.11. The van der Waals surface area contributed by atoms with Gasteiger partial charge < -0.3 is 4.90 Å². The lowest BCUT2D eigenvalue weighted by atomic mass is 9.91. The molecule has 1 fully saturated rings. The quantitative estimate of drug-likeness (QED) is 0.506. The van der Waals surface area contributed by atoms with E-state index in [-0.39, 0.29) is 52.9 Å². The van der Waals surface area contributed by atoms with Gasteiger partial charge in [0.05, 0.1) is 4.92 Å². The van der Waals surface area contributed by atoms with Gasteiger partial charge in [-0.15, -0.1) is 0 Å². The highest BCUT2D eigenvalue weighted by Gasteiger charge is 2.38. The second kappa shape index (κ2) is 7.88. The first-order valence-corrected chi connectivity index (χ1v) is 11.1. The third-order valence-corrected chi connectivity index (χ3v) is 7.57. The van der Waals surface area contributed by atoms with Crippen molar-refractivity contribution in [2.24, 2.45) is 0 Å². The fourth-order valence-electron chi connectivity index (χ4n) is 3.73. The molecule has 1 aliphatic heterocycles. The van der Waals surface area contributed by atoms with Crippen LogP contribution in [-0.4, -0.2) is 60.3 Å². The Morgan fingerprint density at radius 2 is 1.42 bits per heavy atom. The Kier molecular flexibility index (Phi) is 5.38. The van der Waals surface area contributed by atoms with Gasteiger partial charge in [-0.2, -0.15) is 4.31 Å². The minimum atomic E-state index is -4.11. The van der Waals surface area contributed by atoms with Gasteiger partial charge in [0.2, 0.25) is 21.6 Å². The molecule has 31 heavy (non-hydrogen) atoms. The number of benzene rings is 2. The number of carbonyl (C=O) groups excluding carboxylic acids is 2. The molecule has 4 rings (SSSR count). The van der Waals surface area contributed by atoms with E-state index in [9.17, 15) is 28.1 Å². The van der Waals surface area contributed by atoms with Crippen LogP contribution in [0.15, 0.2) is 64.2 Å². The topological polar surface area (TPSA) is 118 Å². The Morgan fingerprint density at radius 3 is 2.03 bits per heavy atom. The second-order valence-electron chi connectivity index (χ2n) is 6.98. The van der Waals surface area contributed by atoms with Crippen molar-refractivity contribution in [3.05, 3.63) is 80.5 Å². The Morgan fingerprint density at radius 1 is 0.871 bits per heavy atom. The number of carbonyl (C=O) groups is 2. The molecule has 2 aliphatic rings. The Balaban J connectivity index is 1.58. The number of fused-ring (bicyclic) bond motifs is 1. The number of piperazine rings is 1. The SMILES string of the molecule is O=C1C(Cl)=C(N2CCN(S(=O)(=O)c3ccccc3[N+](=O)[O-])CC2)C(=O)c2ccccc21. The van der Waals surface area contributed by atoms with E-state index in [1.807, 2.05) is 0 Å². The van der Waals surface area contributed by atoms with E-state index >= 15 is 0 Å². The zero-order valence-electron chi connectivity index (χ0n) is 16.0. The summed E-state index contributed by atoms with van der Waals surface area (Å²) >= 11 is 6.23. The molecule has 1 heterocycles. The molecule has 0 saturated carbocycles. The van der Waals surface area contributed by atoms with E-state index in [0.717, 1.165) is 10.4 Å². The van der Waals surface area contributed by atoms with E-state index in [4.69, 9.17) is 11.6 Å². The lowest BCUT2D eigenvalue weighted by Crippen LogP contribution is -2.49. The number of allylic oxidation sites excluding steroid dienone is 2. The predicted octanol–water partition coefficient (Wildman–Crippen LogP) is 2.43. The summed E-state index contributed by atoms with van der Waals surface area (Å²) in [5.41, 5.74) is 0.0363. The monoisotopic (exact) mass is 461 g/mol. The normalized spacial score (nSPS) is 17.6. The molecule has 9 nitrogen and oxygen atoms in total. The number of ketones is 2.